The van der Waals surface area contributed by atoms with Gasteiger partial charge < -0.3 is 11.1 Å². The number of aromatic nitrogens is 3. The van der Waals surface area contributed by atoms with Gasteiger partial charge in [0.25, 0.3) is 0 Å². The number of anilines is 2. The zero-order valence-electron chi connectivity index (χ0n) is 13.1. The highest BCUT2D eigenvalue weighted by atomic mass is 16.1. The van der Waals surface area contributed by atoms with Crippen molar-refractivity contribution in [2.24, 2.45) is 5.73 Å². The Kier molecular flexibility index (Phi) is 4.47. The van der Waals surface area contributed by atoms with E-state index in [1.54, 1.807) is 12.4 Å². The lowest BCUT2D eigenvalue weighted by Crippen LogP contribution is -2.31. The maximum absolute atomic E-state index is 11.0. The van der Waals surface area contributed by atoms with Crippen molar-refractivity contribution in [3.05, 3.63) is 41.9 Å². The van der Waals surface area contributed by atoms with Gasteiger partial charge in [-0.05, 0) is 37.6 Å². The third-order valence-electron chi connectivity index (χ3n) is 3.99. The van der Waals surface area contributed by atoms with Crippen LogP contribution in [0.3, 0.4) is 0 Å². The molecule has 0 radical (unpaired) electrons. The monoisotopic (exact) mass is 312 g/mol. The normalized spacial score (nSPS) is 18.0. The van der Waals surface area contributed by atoms with Gasteiger partial charge in [0, 0.05) is 24.9 Å². The Hall–Kier alpha value is -2.54. The van der Waals surface area contributed by atoms with E-state index in [2.05, 4.69) is 25.2 Å². The maximum atomic E-state index is 11.0. The van der Waals surface area contributed by atoms with Crippen molar-refractivity contribution in [2.75, 3.05) is 25.0 Å². The fraction of sp³-hybridized carbons (Fsp3) is 0.375. The summed E-state index contributed by atoms with van der Waals surface area (Å²) in [5.41, 5.74) is 7.27. The Morgan fingerprint density at radius 1 is 1.39 bits per heavy atom. The van der Waals surface area contributed by atoms with E-state index in [1.807, 2.05) is 25.1 Å². The first-order valence-electron chi connectivity index (χ1n) is 7.64. The van der Waals surface area contributed by atoms with Crippen LogP contribution >= 0.6 is 0 Å². The van der Waals surface area contributed by atoms with E-state index in [-0.39, 0.29) is 5.91 Å². The van der Waals surface area contributed by atoms with Crippen molar-refractivity contribution in [1.29, 1.82) is 0 Å². The summed E-state index contributed by atoms with van der Waals surface area (Å²) in [5.74, 6) is 1.30. The molecule has 7 nitrogen and oxygen atoms in total. The molecule has 7 heteroatoms. The molecule has 1 fully saturated rings. The number of amides is 1. The maximum Gasteiger partial charge on any atom is 0.231 e. The molecule has 1 aliphatic rings. The Labute approximate surface area is 135 Å². The topological polar surface area (TPSA) is 97.0 Å². The molecule has 3 N–H and O–H groups in total. The van der Waals surface area contributed by atoms with Crippen LogP contribution < -0.4 is 11.1 Å². The number of nitrogens with one attached hydrogen (secondary N) is 1. The molecule has 1 atom stereocenters. The van der Waals surface area contributed by atoms with Crippen molar-refractivity contribution >= 4 is 17.7 Å². The van der Waals surface area contributed by atoms with Gasteiger partial charge in [-0.1, -0.05) is 6.07 Å². The average Bonchev–Trinajstić information content (AvgIpc) is 2.98. The van der Waals surface area contributed by atoms with E-state index in [1.165, 1.54) is 0 Å². The number of rotatable bonds is 5. The Bertz CT molecular complexity index is 704. The molecule has 1 saturated heterocycles. The summed E-state index contributed by atoms with van der Waals surface area (Å²) in [6.45, 7) is 3.94. The number of primary amides is 1. The second-order valence-electron chi connectivity index (χ2n) is 5.79. The molecule has 1 aliphatic heterocycles. The van der Waals surface area contributed by atoms with Crippen LogP contribution in [0.2, 0.25) is 0 Å². The van der Waals surface area contributed by atoms with Gasteiger partial charge in [0.1, 0.15) is 5.82 Å². The van der Waals surface area contributed by atoms with Crippen LogP contribution in [0.5, 0.6) is 0 Å². The predicted molar refractivity (Wildman–Crippen MR) is 87.3 cm³/mol. The van der Waals surface area contributed by atoms with Gasteiger partial charge in [-0.15, -0.1) is 0 Å². The summed E-state index contributed by atoms with van der Waals surface area (Å²) < 4.78 is 0. The van der Waals surface area contributed by atoms with Crippen LogP contribution in [-0.2, 0) is 4.79 Å². The molecule has 0 aliphatic carbocycles. The number of likely N-dealkylation sites (tertiary alicyclic amines) is 1. The van der Waals surface area contributed by atoms with Crippen LogP contribution in [0, 0.1) is 6.92 Å². The summed E-state index contributed by atoms with van der Waals surface area (Å²) in [4.78, 5) is 26.2. The van der Waals surface area contributed by atoms with E-state index < -0.39 is 0 Å². The Morgan fingerprint density at radius 2 is 2.26 bits per heavy atom. The van der Waals surface area contributed by atoms with Crippen LogP contribution in [0.4, 0.5) is 11.8 Å². The Balaban J connectivity index is 1.71. The van der Waals surface area contributed by atoms with E-state index in [9.17, 15) is 4.79 Å². The van der Waals surface area contributed by atoms with E-state index in [0.29, 0.717) is 18.4 Å². The van der Waals surface area contributed by atoms with E-state index in [0.717, 1.165) is 36.6 Å². The number of nitrogens with two attached hydrogens (primary N) is 1. The lowest BCUT2D eigenvalue weighted by atomic mass is 10.1. The summed E-state index contributed by atoms with van der Waals surface area (Å²) in [7, 11) is 0. The van der Waals surface area contributed by atoms with Crippen LogP contribution in [0.1, 0.15) is 23.6 Å². The van der Waals surface area contributed by atoms with Crippen molar-refractivity contribution in [1.82, 2.24) is 19.9 Å². The van der Waals surface area contributed by atoms with Gasteiger partial charge in [-0.25, -0.2) is 15.0 Å². The Morgan fingerprint density at radius 3 is 3.04 bits per heavy atom. The number of nitrogens with zero attached hydrogens (tertiary/aromatic N) is 4. The zero-order chi connectivity index (χ0) is 16.2. The van der Waals surface area contributed by atoms with Crippen LogP contribution in [0.15, 0.2) is 30.6 Å². The largest absolute Gasteiger partial charge is 0.369 e. The molecule has 120 valence electrons. The highest BCUT2D eigenvalue weighted by Gasteiger charge is 2.25. The quantitative estimate of drug-likeness (QED) is 0.861. The van der Waals surface area contributed by atoms with Crippen molar-refractivity contribution in [3.63, 3.8) is 0 Å². The minimum Gasteiger partial charge on any atom is -0.369 e. The number of hydrogen-bond acceptors (Lipinski definition) is 6. The molecule has 0 saturated carbocycles. The smallest absolute Gasteiger partial charge is 0.231 e. The zero-order valence-corrected chi connectivity index (χ0v) is 13.1. The molecule has 2 aromatic heterocycles. The number of pyridine rings is 1. The van der Waals surface area contributed by atoms with Gasteiger partial charge in [-0.3, -0.25) is 9.69 Å². The number of carbonyl (C=O) groups is 1. The first kappa shape index (κ1) is 15.4. The average molecular weight is 312 g/mol. The predicted octanol–water partition coefficient (Wildman–Crippen LogP) is 1.20. The third-order valence-corrected chi connectivity index (χ3v) is 3.99. The number of carbonyl (C=O) groups excluding carboxylic acids is 1. The summed E-state index contributed by atoms with van der Waals surface area (Å²) in [6, 6.07) is 5.80. The molecule has 0 aromatic carbocycles. The summed E-state index contributed by atoms with van der Waals surface area (Å²) in [6.07, 6.45) is 4.45. The second-order valence-corrected chi connectivity index (χ2v) is 5.79. The molecule has 0 bridgehead atoms. The van der Waals surface area contributed by atoms with Crippen LogP contribution in [-0.4, -0.2) is 45.4 Å². The SMILES string of the molecule is Cc1cccnc1Nc1nccc(C2CCN(CC(N)=O)C2)n1. The fourth-order valence-corrected chi connectivity index (χ4v) is 2.82. The number of aryl methyl sites for hydroxylation is 1. The summed E-state index contributed by atoms with van der Waals surface area (Å²) in [5, 5.41) is 3.16. The lowest BCUT2D eigenvalue weighted by molar-refractivity contribution is -0.118. The molecule has 0 spiro atoms. The molecular formula is C16H20N6O. The van der Waals surface area contributed by atoms with Crippen molar-refractivity contribution < 1.29 is 4.79 Å². The van der Waals surface area contributed by atoms with E-state index >= 15 is 0 Å². The minimum absolute atomic E-state index is 0.290. The van der Waals surface area contributed by atoms with Gasteiger partial charge in [0.2, 0.25) is 11.9 Å². The molecule has 3 rings (SSSR count). The lowest BCUT2D eigenvalue weighted by Gasteiger charge is -2.14. The highest BCUT2D eigenvalue weighted by molar-refractivity contribution is 5.75. The van der Waals surface area contributed by atoms with Crippen molar-refractivity contribution in [3.8, 4) is 0 Å². The summed E-state index contributed by atoms with van der Waals surface area (Å²) >= 11 is 0. The standard InChI is InChI=1S/C16H20N6O/c1-11-3-2-6-18-15(11)21-16-19-7-4-13(20-16)12-5-8-22(9-12)10-14(17)23/h2-4,6-7,12H,5,8-10H2,1H3,(H2,17,23)(H,18,19,20,21). The first-order chi connectivity index (χ1) is 11.1. The molecule has 1 amide bonds. The molecule has 2 aromatic rings. The fourth-order valence-electron chi connectivity index (χ4n) is 2.82. The molecule has 23 heavy (non-hydrogen) atoms. The van der Waals surface area contributed by atoms with Crippen molar-refractivity contribution in [2.45, 2.75) is 19.3 Å². The second kappa shape index (κ2) is 6.70. The molecular weight excluding hydrogens is 292 g/mol. The van der Waals surface area contributed by atoms with Gasteiger partial charge >= 0.3 is 0 Å². The minimum atomic E-state index is -0.290. The van der Waals surface area contributed by atoms with Gasteiger partial charge in [-0.2, -0.15) is 0 Å². The molecule has 3 heterocycles. The van der Waals surface area contributed by atoms with Gasteiger partial charge in [0.15, 0.2) is 0 Å². The molecule has 1 unspecified atom stereocenters. The van der Waals surface area contributed by atoms with Gasteiger partial charge in [0.05, 0.1) is 12.2 Å². The highest BCUT2D eigenvalue weighted by Crippen LogP contribution is 2.26. The van der Waals surface area contributed by atoms with E-state index in [4.69, 9.17) is 5.73 Å². The first-order valence-corrected chi connectivity index (χ1v) is 7.64. The third kappa shape index (κ3) is 3.81. The van der Waals surface area contributed by atoms with Crippen LogP contribution in [0.25, 0.3) is 0 Å². The number of hydrogen-bond donors (Lipinski definition) is 2.